The zero-order valence-corrected chi connectivity index (χ0v) is 12.1. The lowest BCUT2D eigenvalue weighted by Gasteiger charge is -2.06. The first-order valence-electron chi connectivity index (χ1n) is 5.34. The maximum absolute atomic E-state index is 13.6. The molecule has 0 aliphatic carbocycles. The molecule has 1 aromatic carbocycles. The quantitative estimate of drug-likeness (QED) is 0.910. The average molecular weight is 328 g/mol. The molecule has 0 aliphatic rings. The number of amides is 1. The molecule has 1 amide bonds. The fourth-order valence-electron chi connectivity index (χ4n) is 1.51. The molecular weight excluding hydrogens is 317 g/mol. The Morgan fingerprint density at radius 2 is 2.22 bits per heavy atom. The molecule has 0 saturated carbocycles. The highest BCUT2D eigenvalue weighted by atomic mass is 79.9. The number of aryl methyl sites for hydroxylation is 1. The summed E-state index contributed by atoms with van der Waals surface area (Å²) < 4.78 is 14.2. The van der Waals surface area contributed by atoms with Crippen molar-refractivity contribution in [2.75, 3.05) is 0 Å². The van der Waals surface area contributed by atoms with E-state index in [0.29, 0.717) is 11.0 Å². The molecule has 5 heteroatoms. The topological polar surface area (TPSA) is 29.1 Å². The van der Waals surface area contributed by atoms with Crippen LogP contribution in [-0.4, -0.2) is 5.91 Å². The molecule has 18 heavy (non-hydrogen) atoms. The standard InChI is InChI=1S/C13H11BrFNOS/c1-8-4-5-18-12(8)7-16-13(17)10-3-2-9(14)6-11(10)15/h2-6H,7H2,1H3,(H,16,17). The number of hydrogen-bond acceptors (Lipinski definition) is 2. The average Bonchev–Trinajstić information content (AvgIpc) is 2.72. The predicted molar refractivity (Wildman–Crippen MR) is 74.3 cm³/mol. The Labute approximate surface area is 117 Å². The van der Waals surface area contributed by atoms with E-state index in [-0.39, 0.29) is 5.56 Å². The second-order valence-corrected chi connectivity index (χ2v) is 5.75. The maximum atomic E-state index is 13.6. The number of benzene rings is 1. The van der Waals surface area contributed by atoms with Crippen LogP contribution in [0, 0.1) is 12.7 Å². The van der Waals surface area contributed by atoms with Crippen LogP contribution in [0.2, 0.25) is 0 Å². The summed E-state index contributed by atoms with van der Waals surface area (Å²) in [6, 6.07) is 6.39. The van der Waals surface area contributed by atoms with Crippen molar-refractivity contribution in [3.63, 3.8) is 0 Å². The van der Waals surface area contributed by atoms with Crippen LogP contribution in [0.5, 0.6) is 0 Å². The number of halogens is 2. The van der Waals surface area contributed by atoms with Crippen molar-refractivity contribution in [2.45, 2.75) is 13.5 Å². The third kappa shape index (κ3) is 2.97. The summed E-state index contributed by atoms with van der Waals surface area (Å²) in [5, 5.41) is 4.69. The molecular formula is C13H11BrFNOS. The first-order valence-corrected chi connectivity index (χ1v) is 7.01. The van der Waals surface area contributed by atoms with Gasteiger partial charge in [0.15, 0.2) is 0 Å². The van der Waals surface area contributed by atoms with E-state index in [4.69, 9.17) is 0 Å². The lowest BCUT2D eigenvalue weighted by molar-refractivity contribution is 0.0947. The van der Waals surface area contributed by atoms with Gasteiger partial charge in [0.25, 0.3) is 5.91 Å². The normalized spacial score (nSPS) is 10.4. The monoisotopic (exact) mass is 327 g/mol. The third-order valence-electron chi connectivity index (χ3n) is 2.55. The van der Waals surface area contributed by atoms with E-state index in [9.17, 15) is 9.18 Å². The molecule has 1 heterocycles. The van der Waals surface area contributed by atoms with Crippen LogP contribution in [0.3, 0.4) is 0 Å². The Morgan fingerprint density at radius 1 is 1.44 bits per heavy atom. The molecule has 0 radical (unpaired) electrons. The number of carbonyl (C=O) groups excluding carboxylic acids is 1. The predicted octanol–water partition coefficient (Wildman–Crippen LogP) is 3.89. The van der Waals surface area contributed by atoms with Gasteiger partial charge in [0.05, 0.1) is 12.1 Å². The van der Waals surface area contributed by atoms with Crippen LogP contribution in [0.1, 0.15) is 20.8 Å². The zero-order chi connectivity index (χ0) is 13.1. The highest BCUT2D eigenvalue weighted by Crippen LogP contribution is 2.17. The summed E-state index contributed by atoms with van der Waals surface area (Å²) in [7, 11) is 0. The van der Waals surface area contributed by atoms with Gasteiger partial charge in [0, 0.05) is 9.35 Å². The minimum Gasteiger partial charge on any atom is -0.347 e. The van der Waals surface area contributed by atoms with Gasteiger partial charge >= 0.3 is 0 Å². The van der Waals surface area contributed by atoms with Gasteiger partial charge in [-0.2, -0.15) is 0 Å². The molecule has 0 fully saturated rings. The van der Waals surface area contributed by atoms with Crippen LogP contribution in [0.15, 0.2) is 34.1 Å². The molecule has 1 N–H and O–H groups in total. The van der Waals surface area contributed by atoms with E-state index >= 15 is 0 Å². The highest BCUT2D eigenvalue weighted by molar-refractivity contribution is 9.10. The molecule has 0 saturated heterocycles. The minimum atomic E-state index is -0.523. The molecule has 94 valence electrons. The molecule has 2 aromatic rings. The van der Waals surface area contributed by atoms with Gasteiger partial charge in [-0.15, -0.1) is 11.3 Å². The zero-order valence-electron chi connectivity index (χ0n) is 9.67. The minimum absolute atomic E-state index is 0.0624. The summed E-state index contributed by atoms with van der Waals surface area (Å²) >= 11 is 4.73. The van der Waals surface area contributed by atoms with E-state index in [1.807, 2.05) is 18.4 Å². The van der Waals surface area contributed by atoms with Crippen LogP contribution in [0.25, 0.3) is 0 Å². The summed E-state index contributed by atoms with van der Waals surface area (Å²) in [5.41, 5.74) is 1.20. The molecule has 0 atom stereocenters. The Kier molecular flexibility index (Phi) is 4.14. The van der Waals surface area contributed by atoms with Gasteiger partial charge in [0.2, 0.25) is 0 Å². The summed E-state index contributed by atoms with van der Waals surface area (Å²) in [6.45, 7) is 2.41. The summed E-state index contributed by atoms with van der Waals surface area (Å²) in [6.07, 6.45) is 0. The second kappa shape index (κ2) is 5.63. The Bertz CT molecular complexity index is 582. The molecule has 1 aromatic heterocycles. The van der Waals surface area contributed by atoms with Crippen molar-refractivity contribution in [1.82, 2.24) is 5.32 Å². The first kappa shape index (κ1) is 13.2. The number of carbonyl (C=O) groups is 1. The summed E-state index contributed by atoms with van der Waals surface area (Å²) in [5.74, 6) is -0.919. The van der Waals surface area contributed by atoms with Crippen LogP contribution >= 0.6 is 27.3 Å². The van der Waals surface area contributed by atoms with Gasteiger partial charge in [-0.1, -0.05) is 15.9 Å². The third-order valence-corrected chi connectivity index (χ3v) is 4.07. The van der Waals surface area contributed by atoms with Gasteiger partial charge in [-0.05, 0) is 42.1 Å². The summed E-state index contributed by atoms with van der Waals surface area (Å²) in [4.78, 5) is 12.9. The maximum Gasteiger partial charge on any atom is 0.254 e. The number of nitrogens with one attached hydrogen (secondary N) is 1. The lowest BCUT2D eigenvalue weighted by atomic mass is 10.2. The number of rotatable bonds is 3. The van der Waals surface area contributed by atoms with Crippen molar-refractivity contribution in [1.29, 1.82) is 0 Å². The van der Waals surface area contributed by atoms with E-state index in [0.717, 1.165) is 10.4 Å². The Balaban J connectivity index is 2.06. The molecule has 0 bridgehead atoms. The van der Waals surface area contributed by atoms with Crippen LogP contribution in [0.4, 0.5) is 4.39 Å². The fraction of sp³-hybridized carbons (Fsp3) is 0.154. The van der Waals surface area contributed by atoms with E-state index in [1.165, 1.54) is 12.1 Å². The van der Waals surface area contributed by atoms with Crippen LogP contribution in [-0.2, 0) is 6.54 Å². The van der Waals surface area contributed by atoms with Crippen molar-refractivity contribution < 1.29 is 9.18 Å². The first-order chi connectivity index (χ1) is 8.58. The fourth-order valence-corrected chi connectivity index (χ4v) is 2.69. The van der Waals surface area contributed by atoms with E-state index in [2.05, 4.69) is 21.2 Å². The second-order valence-electron chi connectivity index (χ2n) is 3.83. The largest absolute Gasteiger partial charge is 0.347 e. The van der Waals surface area contributed by atoms with Crippen LogP contribution < -0.4 is 5.32 Å². The molecule has 0 spiro atoms. The van der Waals surface area contributed by atoms with Crippen molar-refractivity contribution >= 4 is 33.2 Å². The van der Waals surface area contributed by atoms with Crippen molar-refractivity contribution in [2.24, 2.45) is 0 Å². The van der Waals surface area contributed by atoms with Gasteiger partial charge in [-0.25, -0.2) is 4.39 Å². The van der Waals surface area contributed by atoms with Gasteiger partial charge < -0.3 is 5.32 Å². The molecule has 2 nitrogen and oxygen atoms in total. The molecule has 2 rings (SSSR count). The van der Waals surface area contributed by atoms with Gasteiger partial charge in [0.1, 0.15) is 5.82 Å². The Morgan fingerprint density at radius 3 is 2.83 bits per heavy atom. The number of thiophene rings is 1. The number of hydrogen-bond donors (Lipinski definition) is 1. The molecule has 0 aliphatic heterocycles. The molecule has 0 unspecified atom stereocenters. The highest BCUT2D eigenvalue weighted by Gasteiger charge is 2.12. The van der Waals surface area contributed by atoms with Crippen molar-refractivity contribution in [3.05, 3.63) is 55.9 Å². The van der Waals surface area contributed by atoms with Gasteiger partial charge in [-0.3, -0.25) is 4.79 Å². The smallest absolute Gasteiger partial charge is 0.254 e. The van der Waals surface area contributed by atoms with E-state index in [1.54, 1.807) is 17.4 Å². The van der Waals surface area contributed by atoms with E-state index < -0.39 is 11.7 Å². The SMILES string of the molecule is Cc1ccsc1CNC(=O)c1ccc(Br)cc1F. The Hall–Kier alpha value is -1.20. The van der Waals surface area contributed by atoms with Crippen molar-refractivity contribution in [3.8, 4) is 0 Å². The lowest BCUT2D eigenvalue weighted by Crippen LogP contribution is -2.23.